The third-order valence-electron chi connectivity index (χ3n) is 2.96. The Morgan fingerprint density at radius 1 is 1.43 bits per heavy atom. The number of hydrogen-bond acceptors (Lipinski definition) is 4. The summed E-state index contributed by atoms with van der Waals surface area (Å²) in [4.78, 5) is 0. The number of aliphatic hydroxyl groups excluding tert-OH is 1. The van der Waals surface area contributed by atoms with Gasteiger partial charge in [0.15, 0.2) is 5.79 Å². The molecule has 82 valence electrons. The molecule has 4 nitrogen and oxygen atoms in total. The molecule has 0 aromatic carbocycles. The van der Waals surface area contributed by atoms with Crippen molar-refractivity contribution in [1.82, 2.24) is 0 Å². The van der Waals surface area contributed by atoms with Gasteiger partial charge in [0, 0.05) is 19.4 Å². The van der Waals surface area contributed by atoms with Crippen molar-refractivity contribution in [2.45, 2.75) is 44.2 Å². The van der Waals surface area contributed by atoms with Crippen LogP contribution in [0.3, 0.4) is 0 Å². The maximum atomic E-state index is 9.71. The fourth-order valence-corrected chi connectivity index (χ4v) is 2.24. The maximum absolute atomic E-state index is 9.71. The predicted octanol–water partition coefficient (Wildman–Crippen LogP) is 0.679. The highest BCUT2D eigenvalue weighted by molar-refractivity contribution is 4.88. The summed E-state index contributed by atoms with van der Waals surface area (Å²) in [7, 11) is 0. The van der Waals surface area contributed by atoms with E-state index in [1.165, 1.54) is 0 Å². The molecule has 0 aromatic heterocycles. The zero-order valence-corrected chi connectivity index (χ0v) is 8.57. The fraction of sp³-hybridized carbons (Fsp3) is 1.00. The van der Waals surface area contributed by atoms with Crippen LogP contribution in [0.4, 0.5) is 0 Å². The fourth-order valence-electron chi connectivity index (χ4n) is 2.24. The van der Waals surface area contributed by atoms with Crippen molar-refractivity contribution in [1.29, 1.82) is 0 Å². The van der Waals surface area contributed by atoms with E-state index >= 15 is 0 Å². The molecule has 1 aliphatic heterocycles. The van der Waals surface area contributed by atoms with Crippen LogP contribution in [0.25, 0.3) is 0 Å². The largest absolute Gasteiger partial charge is 0.390 e. The lowest BCUT2D eigenvalue weighted by Crippen LogP contribution is -2.46. The normalized spacial score (nSPS) is 36.4. The second kappa shape index (κ2) is 4.14. The van der Waals surface area contributed by atoms with E-state index in [-0.39, 0.29) is 12.2 Å². The lowest BCUT2D eigenvalue weighted by Gasteiger charge is -2.38. The van der Waals surface area contributed by atoms with Gasteiger partial charge in [-0.05, 0) is 13.3 Å². The van der Waals surface area contributed by atoms with Crippen LogP contribution in [0.15, 0.2) is 0 Å². The highest BCUT2D eigenvalue weighted by atomic mass is 16.7. The van der Waals surface area contributed by atoms with Gasteiger partial charge in [-0.2, -0.15) is 0 Å². The van der Waals surface area contributed by atoms with E-state index in [4.69, 9.17) is 14.2 Å². The number of rotatable bonds is 2. The second-order valence-electron chi connectivity index (χ2n) is 3.91. The summed E-state index contributed by atoms with van der Waals surface area (Å²) in [5, 5.41) is 9.71. The zero-order chi connectivity index (χ0) is 10.0. The van der Waals surface area contributed by atoms with Crippen molar-refractivity contribution in [3.8, 4) is 0 Å². The molecule has 1 heterocycles. The molecule has 0 amide bonds. The first-order valence-corrected chi connectivity index (χ1v) is 5.33. The third kappa shape index (κ3) is 1.93. The van der Waals surface area contributed by atoms with Crippen molar-refractivity contribution in [2.24, 2.45) is 0 Å². The summed E-state index contributed by atoms with van der Waals surface area (Å²) in [6, 6.07) is 0. The summed E-state index contributed by atoms with van der Waals surface area (Å²) in [6.07, 6.45) is 1.63. The van der Waals surface area contributed by atoms with Crippen LogP contribution in [0, 0.1) is 0 Å². The minimum atomic E-state index is -0.459. The molecule has 4 heteroatoms. The highest BCUT2D eigenvalue weighted by Gasteiger charge is 2.45. The third-order valence-corrected chi connectivity index (χ3v) is 2.96. The summed E-state index contributed by atoms with van der Waals surface area (Å²) in [5.74, 6) is -0.459. The first-order chi connectivity index (χ1) is 6.76. The molecule has 0 bridgehead atoms. The van der Waals surface area contributed by atoms with Gasteiger partial charge in [-0.25, -0.2) is 0 Å². The van der Waals surface area contributed by atoms with Crippen molar-refractivity contribution < 1.29 is 19.3 Å². The van der Waals surface area contributed by atoms with Gasteiger partial charge in [0.1, 0.15) is 0 Å². The van der Waals surface area contributed by atoms with Crippen LogP contribution < -0.4 is 0 Å². The number of hydrogen-bond donors (Lipinski definition) is 1. The van der Waals surface area contributed by atoms with Crippen LogP contribution in [0.5, 0.6) is 0 Å². The lowest BCUT2D eigenvalue weighted by molar-refractivity contribution is -0.220. The molecular weight excluding hydrogens is 184 g/mol. The monoisotopic (exact) mass is 202 g/mol. The Labute approximate surface area is 84.1 Å². The Morgan fingerprint density at radius 3 is 2.79 bits per heavy atom. The molecule has 2 aliphatic rings. The van der Waals surface area contributed by atoms with Gasteiger partial charge < -0.3 is 19.3 Å². The molecule has 2 atom stereocenters. The Balaban J connectivity index is 1.97. The van der Waals surface area contributed by atoms with E-state index in [0.29, 0.717) is 32.7 Å². The number of ether oxygens (including phenoxy) is 3. The topological polar surface area (TPSA) is 47.9 Å². The quantitative estimate of drug-likeness (QED) is 0.715. The molecule has 1 N–H and O–H groups in total. The van der Waals surface area contributed by atoms with Gasteiger partial charge in [-0.3, -0.25) is 0 Å². The molecular formula is C10H18O4. The summed E-state index contributed by atoms with van der Waals surface area (Å²) >= 11 is 0. The molecule has 14 heavy (non-hydrogen) atoms. The van der Waals surface area contributed by atoms with Crippen molar-refractivity contribution >= 4 is 0 Å². The van der Waals surface area contributed by atoms with Crippen LogP contribution in [-0.4, -0.2) is 42.9 Å². The molecule has 1 aliphatic carbocycles. The molecule has 2 unspecified atom stereocenters. The lowest BCUT2D eigenvalue weighted by atomic mass is 9.89. The Hall–Kier alpha value is -0.160. The average Bonchev–Trinajstić information content (AvgIpc) is 2.61. The minimum Gasteiger partial charge on any atom is -0.390 e. The standard InChI is InChI=1S/C10H18O4/c1-2-12-9-7-10(4-3-8(9)11)13-5-6-14-10/h8-9,11H,2-7H2,1H3. The average molecular weight is 202 g/mol. The summed E-state index contributed by atoms with van der Waals surface area (Å²) < 4.78 is 16.7. The van der Waals surface area contributed by atoms with Gasteiger partial charge in [0.25, 0.3) is 0 Å². The van der Waals surface area contributed by atoms with E-state index in [0.717, 1.165) is 6.42 Å². The smallest absolute Gasteiger partial charge is 0.171 e. The summed E-state index contributed by atoms with van der Waals surface area (Å²) in [5.41, 5.74) is 0. The van der Waals surface area contributed by atoms with Crippen molar-refractivity contribution in [3.63, 3.8) is 0 Å². The van der Waals surface area contributed by atoms with Gasteiger partial charge in [0.05, 0.1) is 25.4 Å². The van der Waals surface area contributed by atoms with E-state index in [1.54, 1.807) is 0 Å². The van der Waals surface area contributed by atoms with Crippen LogP contribution in [0.2, 0.25) is 0 Å². The van der Waals surface area contributed by atoms with Gasteiger partial charge in [-0.15, -0.1) is 0 Å². The van der Waals surface area contributed by atoms with E-state index in [2.05, 4.69) is 0 Å². The summed E-state index contributed by atoms with van der Waals surface area (Å²) in [6.45, 7) is 3.88. The molecule has 2 rings (SSSR count). The van der Waals surface area contributed by atoms with Gasteiger partial charge in [0.2, 0.25) is 0 Å². The minimum absolute atomic E-state index is 0.133. The molecule has 1 saturated carbocycles. The first kappa shape index (κ1) is 10.4. The molecule has 1 spiro atoms. The number of aliphatic hydroxyl groups is 1. The molecule has 1 saturated heterocycles. The van der Waals surface area contributed by atoms with Crippen molar-refractivity contribution in [3.05, 3.63) is 0 Å². The predicted molar refractivity (Wildman–Crippen MR) is 49.9 cm³/mol. The molecule has 2 fully saturated rings. The molecule has 0 radical (unpaired) electrons. The Bertz CT molecular complexity index is 189. The highest BCUT2D eigenvalue weighted by Crippen LogP contribution is 2.36. The van der Waals surface area contributed by atoms with Crippen LogP contribution >= 0.6 is 0 Å². The zero-order valence-electron chi connectivity index (χ0n) is 8.57. The van der Waals surface area contributed by atoms with Gasteiger partial charge in [-0.1, -0.05) is 0 Å². The van der Waals surface area contributed by atoms with E-state index in [1.807, 2.05) is 6.92 Å². The SMILES string of the molecule is CCOC1CC2(CCC1O)OCCO2. The van der Waals surface area contributed by atoms with Crippen molar-refractivity contribution in [2.75, 3.05) is 19.8 Å². The first-order valence-electron chi connectivity index (χ1n) is 5.33. The van der Waals surface area contributed by atoms with Crippen LogP contribution in [-0.2, 0) is 14.2 Å². The van der Waals surface area contributed by atoms with E-state index < -0.39 is 5.79 Å². The van der Waals surface area contributed by atoms with E-state index in [9.17, 15) is 5.11 Å². The Morgan fingerprint density at radius 2 is 2.14 bits per heavy atom. The van der Waals surface area contributed by atoms with Gasteiger partial charge >= 0.3 is 0 Å². The van der Waals surface area contributed by atoms with Crippen LogP contribution in [0.1, 0.15) is 26.2 Å². The second-order valence-corrected chi connectivity index (χ2v) is 3.91. The maximum Gasteiger partial charge on any atom is 0.171 e. The molecule has 0 aromatic rings. The Kier molecular flexibility index (Phi) is 3.07.